The zero-order chi connectivity index (χ0) is 15.6. The van der Waals surface area contributed by atoms with Gasteiger partial charge < -0.3 is 11.1 Å². The molecule has 20 heavy (non-hydrogen) atoms. The average molecular weight is 299 g/mol. The summed E-state index contributed by atoms with van der Waals surface area (Å²) in [5.41, 5.74) is 6.08. The van der Waals surface area contributed by atoms with E-state index in [1.54, 1.807) is 38.1 Å². The molecule has 0 amide bonds. The first kappa shape index (κ1) is 16.9. The van der Waals surface area contributed by atoms with Crippen molar-refractivity contribution in [2.45, 2.75) is 57.1 Å². The summed E-state index contributed by atoms with van der Waals surface area (Å²) < 4.78 is 27.3. The Labute approximate surface area is 122 Å². The Morgan fingerprint density at radius 3 is 2.20 bits per heavy atom. The highest BCUT2D eigenvalue weighted by Crippen LogP contribution is 2.25. The number of sulfonamides is 1. The summed E-state index contributed by atoms with van der Waals surface area (Å²) in [6.45, 7) is 9.35. The Bertz CT molecular complexity index is 551. The van der Waals surface area contributed by atoms with Gasteiger partial charge >= 0.3 is 0 Å². The molecular weight excluding hydrogens is 274 g/mol. The van der Waals surface area contributed by atoms with E-state index in [-0.39, 0.29) is 17.0 Å². The molecule has 1 aromatic rings. The van der Waals surface area contributed by atoms with Crippen molar-refractivity contribution in [3.63, 3.8) is 0 Å². The maximum atomic E-state index is 12.3. The third kappa shape index (κ3) is 4.19. The van der Waals surface area contributed by atoms with Crippen LogP contribution in [0.15, 0.2) is 29.2 Å². The molecular formula is C14H25N3O2S. The molecule has 0 heterocycles. The number of anilines is 1. The van der Waals surface area contributed by atoms with Gasteiger partial charge in [0, 0.05) is 17.6 Å². The lowest BCUT2D eigenvalue weighted by Crippen LogP contribution is -2.47. The van der Waals surface area contributed by atoms with Crippen molar-refractivity contribution in [3.8, 4) is 0 Å². The van der Waals surface area contributed by atoms with E-state index in [0.717, 1.165) is 0 Å². The van der Waals surface area contributed by atoms with Crippen LogP contribution < -0.4 is 15.8 Å². The fourth-order valence-electron chi connectivity index (χ4n) is 1.64. The normalized spacial score (nSPS) is 14.3. The summed E-state index contributed by atoms with van der Waals surface area (Å²) >= 11 is 0. The smallest absolute Gasteiger partial charge is 0.242 e. The summed E-state index contributed by atoms with van der Waals surface area (Å²) in [5.74, 6) is 0. The first-order valence-corrected chi connectivity index (χ1v) is 8.19. The molecule has 0 aliphatic carbocycles. The maximum Gasteiger partial charge on any atom is 0.242 e. The SMILES string of the molecule is CC(C)NS(=O)(=O)c1ccccc1NC(C)(C)C(C)N. The van der Waals surface area contributed by atoms with Crippen LogP contribution >= 0.6 is 0 Å². The van der Waals surface area contributed by atoms with Crippen molar-refractivity contribution in [2.75, 3.05) is 5.32 Å². The summed E-state index contributed by atoms with van der Waals surface area (Å²) in [7, 11) is -3.54. The van der Waals surface area contributed by atoms with Crippen LogP contribution in [0.1, 0.15) is 34.6 Å². The number of para-hydroxylation sites is 1. The maximum absolute atomic E-state index is 12.3. The Morgan fingerprint density at radius 2 is 1.70 bits per heavy atom. The summed E-state index contributed by atoms with van der Waals surface area (Å²) in [6.07, 6.45) is 0. The molecule has 0 bridgehead atoms. The minimum absolute atomic E-state index is 0.128. The van der Waals surface area contributed by atoms with Gasteiger partial charge in [-0.1, -0.05) is 12.1 Å². The molecule has 4 N–H and O–H groups in total. The number of nitrogens with one attached hydrogen (secondary N) is 2. The van der Waals surface area contributed by atoms with Gasteiger partial charge in [0.25, 0.3) is 0 Å². The second-order valence-electron chi connectivity index (χ2n) is 5.91. The van der Waals surface area contributed by atoms with Gasteiger partial charge in [-0.3, -0.25) is 0 Å². The van der Waals surface area contributed by atoms with Crippen molar-refractivity contribution in [3.05, 3.63) is 24.3 Å². The van der Waals surface area contributed by atoms with Crippen LogP contribution in [0.4, 0.5) is 5.69 Å². The topological polar surface area (TPSA) is 84.2 Å². The van der Waals surface area contributed by atoms with E-state index >= 15 is 0 Å². The lowest BCUT2D eigenvalue weighted by atomic mass is 9.96. The monoisotopic (exact) mass is 299 g/mol. The van der Waals surface area contributed by atoms with Crippen LogP contribution in [0.2, 0.25) is 0 Å². The van der Waals surface area contributed by atoms with Gasteiger partial charge in [-0.05, 0) is 46.8 Å². The first-order chi connectivity index (χ1) is 9.06. The second-order valence-corrected chi connectivity index (χ2v) is 7.59. The lowest BCUT2D eigenvalue weighted by Gasteiger charge is -2.32. The van der Waals surface area contributed by atoms with Gasteiger partial charge in [-0.15, -0.1) is 0 Å². The molecule has 0 spiro atoms. The van der Waals surface area contributed by atoms with Crippen LogP contribution in [0.5, 0.6) is 0 Å². The van der Waals surface area contributed by atoms with E-state index in [2.05, 4.69) is 10.0 Å². The number of hydrogen-bond donors (Lipinski definition) is 3. The van der Waals surface area contributed by atoms with Crippen molar-refractivity contribution in [1.82, 2.24) is 4.72 Å². The molecule has 6 heteroatoms. The third-order valence-electron chi connectivity index (χ3n) is 3.16. The Kier molecular flexibility index (Phi) is 5.18. The lowest BCUT2D eigenvalue weighted by molar-refractivity contribution is 0.469. The summed E-state index contributed by atoms with van der Waals surface area (Å²) in [6, 6.07) is 6.56. The third-order valence-corrected chi connectivity index (χ3v) is 4.88. The minimum Gasteiger partial charge on any atom is -0.378 e. The van der Waals surface area contributed by atoms with E-state index in [4.69, 9.17) is 5.73 Å². The fourth-order valence-corrected chi connectivity index (χ4v) is 3.05. The highest BCUT2D eigenvalue weighted by atomic mass is 32.2. The number of benzene rings is 1. The van der Waals surface area contributed by atoms with E-state index in [0.29, 0.717) is 5.69 Å². The summed E-state index contributed by atoms with van der Waals surface area (Å²) in [5, 5.41) is 3.22. The molecule has 5 nitrogen and oxygen atoms in total. The molecule has 0 fully saturated rings. The van der Waals surface area contributed by atoms with Crippen LogP contribution in [0.3, 0.4) is 0 Å². The molecule has 0 saturated heterocycles. The molecule has 0 aliphatic rings. The van der Waals surface area contributed by atoms with Gasteiger partial charge in [0.2, 0.25) is 10.0 Å². The van der Waals surface area contributed by atoms with Crippen LogP contribution in [-0.4, -0.2) is 26.0 Å². The van der Waals surface area contributed by atoms with Crippen LogP contribution in [0.25, 0.3) is 0 Å². The number of nitrogens with two attached hydrogens (primary N) is 1. The number of hydrogen-bond acceptors (Lipinski definition) is 4. The largest absolute Gasteiger partial charge is 0.378 e. The Balaban J connectivity index is 3.19. The number of rotatable bonds is 6. The van der Waals surface area contributed by atoms with E-state index in [9.17, 15) is 8.42 Å². The zero-order valence-corrected chi connectivity index (χ0v) is 13.6. The van der Waals surface area contributed by atoms with E-state index < -0.39 is 15.6 Å². The van der Waals surface area contributed by atoms with Crippen LogP contribution in [0, 0.1) is 0 Å². The Hall–Kier alpha value is -1.11. The molecule has 1 atom stereocenters. The van der Waals surface area contributed by atoms with E-state index in [1.807, 2.05) is 20.8 Å². The second kappa shape index (κ2) is 6.11. The predicted octanol–water partition coefficient (Wildman–Crippen LogP) is 1.91. The quantitative estimate of drug-likeness (QED) is 0.749. The molecule has 0 aromatic heterocycles. The molecule has 0 radical (unpaired) electrons. The average Bonchev–Trinajstić information content (AvgIpc) is 2.26. The molecule has 114 valence electrons. The highest BCUT2D eigenvalue weighted by molar-refractivity contribution is 7.89. The molecule has 1 unspecified atom stereocenters. The molecule has 0 saturated carbocycles. The van der Waals surface area contributed by atoms with Gasteiger partial charge in [-0.2, -0.15) is 0 Å². The zero-order valence-electron chi connectivity index (χ0n) is 12.8. The fraction of sp³-hybridized carbons (Fsp3) is 0.571. The van der Waals surface area contributed by atoms with Crippen molar-refractivity contribution < 1.29 is 8.42 Å². The molecule has 0 aliphatic heterocycles. The first-order valence-electron chi connectivity index (χ1n) is 6.71. The molecule has 1 rings (SSSR count). The van der Waals surface area contributed by atoms with E-state index in [1.165, 1.54) is 0 Å². The van der Waals surface area contributed by atoms with Crippen molar-refractivity contribution >= 4 is 15.7 Å². The highest BCUT2D eigenvalue weighted by Gasteiger charge is 2.26. The Morgan fingerprint density at radius 1 is 1.15 bits per heavy atom. The van der Waals surface area contributed by atoms with Gasteiger partial charge in [0.05, 0.1) is 5.69 Å². The van der Waals surface area contributed by atoms with Gasteiger partial charge in [0.1, 0.15) is 4.90 Å². The standard InChI is InChI=1S/C14H25N3O2S/c1-10(2)17-20(18,19)13-9-7-6-8-12(13)16-14(4,5)11(3)15/h6-11,16-17H,15H2,1-5H3. The van der Waals surface area contributed by atoms with Gasteiger partial charge in [-0.25, -0.2) is 13.1 Å². The predicted molar refractivity (Wildman–Crippen MR) is 83.3 cm³/mol. The minimum atomic E-state index is -3.54. The van der Waals surface area contributed by atoms with Gasteiger partial charge in [0.15, 0.2) is 0 Å². The van der Waals surface area contributed by atoms with Crippen LogP contribution in [-0.2, 0) is 10.0 Å². The molecule has 1 aromatic carbocycles. The van der Waals surface area contributed by atoms with Crippen molar-refractivity contribution in [1.29, 1.82) is 0 Å². The summed E-state index contributed by atoms with van der Waals surface area (Å²) in [4.78, 5) is 0.238. The van der Waals surface area contributed by atoms with Crippen molar-refractivity contribution in [2.24, 2.45) is 5.73 Å².